The second-order valence-electron chi connectivity index (χ2n) is 4.53. The fourth-order valence-corrected chi connectivity index (χ4v) is 2.49. The average molecular weight is 404 g/mol. The Morgan fingerprint density at radius 1 is 1.00 bits per heavy atom. The summed E-state index contributed by atoms with van der Waals surface area (Å²) in [4.78, 5) is 23.2. The lowest BCUT2D eigenvalue weighted by Crippen LogP contribution is -2.34. The fraction of sp³-hybridized carbons (Fsp3) is 0. The van der Waals surface area contributed by atoms with Crippen LogP contribution in [0.2, 0.25) is 15.1 Å². The van der Waals surface area contributed by atoms with Crippen LogP contribution in [0.15, 0.2) is 36.4 Å². The van der Waals surface area contributed by atoms with E-state index in [0.29, 0.717) is 5.02 Å². The summed E-state index contributed by atoms with van der Waals surface area (Å²) in [5, 5.41) is 14.8. The maximum Gasteiger partial charge on any atom is 0.335 e. The monoisotopic (exact) mass is 402 g/mol. The maximum atomic E-state index is 12.2. The van der Waals surface area contributed by atoms with Crippen molar-refractivity contribution in [1.29, 1.82) is 0 Å². The van der Waals surface area contributed by atoms with Gasteiger partial charge in [-0.2, -0.15) is 0 Å². The minimum absolute atomic E-state index is 0.0221. The van der Waals surface area contributed by atoms with E-state index in [9.17, 15) is 9.59 Å². The van der Waals surface area contributed by atoms with Crippen LogP contribution in [0.5, 0.6) is 0 Å². The van der Waals surface area contributed by atoms with Crippen LogP contribution >= 0.6 is 47.0 Å². The molecule has 0 aromatic heterocycles. The molecule has 3 N–H and O–H groups in total. The number of hydrogen-bond donors (Lipinski definition) is 3. The number of amides is 1. The lowest BCUT2D eigenvalue weighted by Gasteiger charge is -2.12. The Morgan fingerprint density at radius 3 is 2.33 bits per heavy atom. The number of hydrogen-bond acceptors (Lipinski definition) is 3. The first-order chi connectivity index (χ1) is 11.3. The van der Waals surface area contributed by atoms with E-state index in [2.05, 4.69) is 10.6 Å². The minimum atomic E-state index is -1.12. The smallest absolute Gasteiger partial charge is 0.335 e. The highest BCUT2D eigenvalue weighted by molar-refractivity contribution is 7.80. The van der Waals surface area contributed by atoms with Crippen molar-refractivity contribution in [3.05, 3.63) is 62.6 Å². The van der Waals surface area contributed by atoms with Gasteiger partial charge in [0.15, 0.2) is 5.11 Å². The number of carbonyl (C=O) groups is 2. The number of anilines is 1. The van der Waals surface area contributed by atoms with Crippen molar-refractivity contribution in [1.82, 2.24) is 5.32 Å². The molecule has 0 spiro atoms. The number of rotatable bonds is 3. The fourth-order valence-electron chi connectivity index (χ4n) is 1.75. The van der Waals surface area contributed by atoms with Crippen molar-refractivity contribution < 1.29 is 14.7 Å². The maximum absolute atomic E-state index is 12.2. The molecule has 0 bridgehead atoms. The number of thiocarbonyl (C=S) groups is 1. The number of nitrogens with one attached hydrogen (secondary N) is 2. The van der Waals surface area contributed by atoms with Gasteiger partial charge in [0.2, 0.25) is 0 Å². The molecule has 0 saturated heterocycles. The Bertz CT molecular complexity index is 843. The molecule has 2 aromatic carbocycles. The van der Waals surface area contributed by atoms with Crippen molar-refractivity contribution >= 4 is 69.7 Å². The lowest BCUT2D eigenvalue weighted by molar-refractivity contribution is 0.0696. The van der Waals surface area contributed by atoms with Gasteiger partial charge in [0, 0.05) is 5.02 Å². The van der Waals surface area contributed by atoms with Crippen LogP contribution in [-0.4, -0.2) is 22.1 Å². The van der Waals surface area contributed by atoms with Gasteiger partial charge in [-0.05, 0) is 48.6 Å². The molecule has 0 heterocycles. The number of aromatic carboxylic acids is 1. The van der Waals surface area contributed by atoms with Crippen molar-refractivity contribution in [3.8, 4) is 0 Å². The van der Waals surface area contributed by atoms with Crippen LogP contribution in [0.3, 0.4) is 0 Å². The van der Waals surface area contributed by atoms with Crippen LogP contribution in [0.4, 0.5) is 5.69 Å². The summed E-state index contributed by atoms with van der Waals surface area (Å²) >= 11 is 22.8. The molecule has 0 saturated carbocycles. The highest BCUT2D eigenvalue weighted by Crippen LogP contribution is 2.23. The third-order valence-corrected chi connectivity index (χ3v) is 3.96. The minimum Gasteiger partial charge on any atom is -0.478 e. The van der Waals surface area contributed by atoms with E-state index in [4.69, 9.17) is 52.1 Å². The molecule has 124 valence electrons. The van der Waals surface area contributed by atoms with Crippen LogP contribution in [0.1, 0.15) is 20.7 Å². The van der Waals surface area contributed by atoms with Crippen LogP contribution in [0, 0.1) is 0 Å². The van der Waals surface area contributed by atoms with E-state index in [0.717, 1.165) is 0 Å². The Labute approximate surface area is 157 Å². The molecule has 0 aliphatic carbocycles. The Kier molecular flexibility index (Phi) is 6.01. The van der Waals surface area contributed by atoms with Gasteiger partial charge < -0.3 is 10.4 Å². The van der Waals surface area contributed by atoms with E-state index >= 15 is 0 Å². The number of carbonyl (C=O) groups excluding carboxylic acids is 1. The molecule has 9 heteroatoms. The first kappa shape index (κ1) is 18.5. The largest absolute Gasteiger partial charge is 0.478 e. The summed E-state index contributed by atoms with van der Waals surface area (Å²) < 4.78 is 0. The van der Waals surface area contributed by atoms with Gasteiger partial charge in [0.05, 0.1) is 26.9 Å². The predicted molar refractivity (Wildman–Crippen MR) is 98.6 cm³/mol. The van der Waals surface area contributed by atoms with Gasteiger partial charge in [-0.15, -0.1) is 0 Å². The summed E-state index contributed by atoms with van der Waals surface area (Å²) in [6, 6.07) is 8.50. The van der Waals surface area contributed by atoms with Gasteiger partial charge >= 0.3 is 5.97 Å². The van der Waals surface area contributed by atoms with Gasteiger partial charge in [-0.3, -0.25) is 10.1 Å². The zero-order chi connectivity index (χ0) is 17.9. The van der Waals surface area contributed by atoms with Crippen molar-refractivity contribution in [2.45, 2.75) is 0 Å². The first-order valence-corrected chi connectivity index (χ1v) is 7.92. The second-order valence-corrected chi connectivity index (χ2v) is 6.19. The molecule has 0 fully saturated rings. The van der Waals surface area contributed by atoms with Gasteiger partial charge in [-0.25, -0.2) is 4.79 Å². The van der Waals surface area contributed by atoms with Crippen molar-refractivity contribution in [2.24, 2.45) is 0 Å². The number of carboxylic acid groups (broad SMARTS) is 1. The lowest BCUT2D eigenvalue weighted by atomic mass is 10.2. The molecule has 0 aliphatic rings. The topological polar surface area (TPSA) is 78.4 Å². The Morgan fingerprint density at radius 2 is 1.67 bits per heavy atom. The van der Waals surface area contributed by atoms with Crippen LogP contribution in [0.25, 0.3) is 0 Å². The molecule has 2 aromatic rings. The van der Waals surface area contributed by atoms with E-state index in [1.807, 2.05) is 0 Å². The predicted octanol–water partition coefficient (Wildman–Crippen LogP) is 4.47. The summed E-state index contributed by atoms with van der Waals surface area (Å²) in [7, 11) is 0. The van der Waals surface area contributed by atoms with Gasteiger partial charge in [0.25, 0.3) is 5.91 Å². The normalized spacial score (nSPS) is 10.1. The second kappa shape index (κ2) is 7.81. The number of carboxylic acids is 1. The highest BCUT2D eigenvalue weighted by atomic mass is 35.5. The Hall–Kier alpha value is -1.86. The molecule has 1 amide bonds. The van der Waals surface area contributed by atoms with Crippen LogP contribution < -0.4 is 10.6 Å². The molecule has 0 radical (unpaired) electrons. The molecule has 0 unspecified atom stereocenters. The quantitative estimate of drug-likeness (QED) is 0.659. The summed E-state index contributed by atoms with van der Waals surface area (Å²) in [5.41, 5.74) is 0.423. The molecule has 0 atom stereocenters. The Balaban J connectivity index is 2.13. The number of benzene rings is 2. The zero-order valence-electron chi connectivity index (χ0n) is 11.8. The van der Waals surface area contributed by atoms with Crippen molar-refractivity contribution in [3.63, 3.8) is 0 Å². The third-order valence-electron chi connectivity index (χ3n) is 2.86. The van der Waals surface area contributed by atoms with Crippen LogP contribution in [-0.2, 0) is 0 Å². The SMILES string of the molecule is O=C(O)c1ccc(Cl)c(NC(=S)NC(=O)c2cc(Cl)ccc2Cl)c1. The zero-order valence-corrected chi connectivity index (χ0v) is 14.9. The molecule has 5 nitrogen and oxygen atoms in total. The average Bonchev–Trinajstić information content (AvgIpc) is 2.51. The highest BCUT2D eigenvalue weighted by Gasteiger charge is 2.14. The summed E-state index contributed by atoms with van der Waals surface area (Å²) in [6.45, 7) is 0. The number of halogens is 3. The third kappa shape index (κ3) is 4.58. The molecular weight excluding hydrogens is 395 g/mol. The van der Waals surface area contributed by atoms with Gasteiger partial charge in [-0.1, -0.05) is 34.8 Å². The molecule has 24 heavy (non-hydrogen) atoms. The van der Waals surface area contributed by atoms with E-state index in [-0.39, 0.29) is 32.0 Å². The van der Waals surface area contributed by atoms with E-state index in [1.54, 1.807) is 6.07 Å². The summed E-state index contributed by atoms with van der Waals surface area (Å²) in [5.74, 6) is -1.68. The standard InChI is InChI=1S/C15H9Cl3N2O3S/c16-8-2-4-10(17)9(6-8)13(21)20-15(24)19-12-5-7(14(22)23)1-3-11(12)18/h1-6H,(H,22,23)(H2,19,20,21,24). The van der Waals surface area contributed by atoms with Crippen molar-refractivity contribution in [2.75, 3.05) is 5.32 Å². The first-order valence-electron chi connectivity index (χ1n) is 6.38. The molecule has 2 rings (SSSR count). The van der Waals surface area contributed by atoms with E-state index in [1.165, 1.54) is 30.3 Å². The van der Waals surface area contributed by atoms with Gasteiger partial charge in [0.1, 0.15) is 0 Å². The summed E-state index contributed by atoms with van der Waals surface area (Å²) in [6.07, 6.45) is 0. The molecule has 0 aliphatic heterocycles. The van der Waals surface area contributed by atoms with E-state index < -0.39 is 11.9 Å². The molecular formula is C15H9Cl3N2O3S.